The lowest BCUT2D eigenvalue weighted by atomic mass is 10.1. The molecule has 0 radical (unpaired) electrons. The lowest BCUT2D eigenvalue weighted by Gasteiger charge is -2.10. The van der Waals surface area contributed by atoms with E-state index < -0.39 is 0 Å². The Labute approximate surface area is 144 Å². The van der Waals surface area contributed by atoms with Crippen LogP contribution in [0.1, 0.15) is 23.7 Å². The Kier molecular flexibility index (Phi) is 6.02. The minimum Gasteiger partial charge on any atom is -0.383 e. The number of hydrogen-bond acceptors (Lipinski definition) is 3. The maximum atomic E-state index is 11.9. The number of carbonyl (C=O) groups is 2. The van der Waals surface area contributed by atoms with E-state index >= 15 is 0 Å². The summed E-state index contributed by atoms with van der Waals surface area (Å²) in [5.41, 5.74) is 1.85. The Bertz CT molecular complexity index is 732. The molecule has 0 fully saturated rings. The average molecular weight is 351 g/mol. The number of amides is 1. The van der Waals surface area contributed by atoms with Crippen LogP contribution in [0.2, 0.25) is 10.0 Å². The molecule has 0 aliphatic carbocycles. The Balaban J connectivity index is 1.87. The number of rotatable bonds is 6. The van der Waals surface area contributed by atoms with Crippen LogP contribution in [0.15, 0.2) is 42.5 Å². The molecule has 0 aliphatic rings. The predicted molar refractivity (Wildman–Crippen MR) is 94.6 cm³/mol. The Morgan fingerprint density at radius 2 is 1.83 bits per heavy atom. The summed E-state index contributed by atoms with van der Waals surface area (Å²) >= 11 is 12.0. The molecule has 0 unspecified atom stereocenters. The van der Waals surface area contributed by atoms with Crippen LogP contribution in [-0.2, 0) is 4.79 Å². The number of anilines is 2. The van der Waals surface area contributed by atoms with Gasteiger partial charge in [-0.2, -0.15) is 0 Å². The van der Waals surface area contributed by atoms with E-state index in [0.29, 0.717) is 33.5 Å². The lowest BCUT2D eigenvalue weighted by molar-refractivity contribution is -0.115. The van der Waals surface area contributed by atoms with E-state index in [1.54, 1.807) is 42.5 Å². The Hall–Kier alpha value is -2.04. The first-order chi connectivity index (χ1) is 11.0. The topological polar surface area (TPSA) is 58.2 Å². The third-order valence-corrected chi connectivity index (χ3v) is 3.99. The molecule has 2 aromatic carbocycles. The highest BCUT2D eigenvalue weighted by atomic mass is 35.5. The largest absolute Gasteiger partial charge is 0.383 e. The smallest absolute Gasteiger partial charge is 0.226 e. The minimum absolute atomic E-state index is 0.0432. The standard InChI is InChI=1S/C17H16Cl2N2O2/c1-11(22)12-4-2-5-13(10-12)21-16(23)8-9-20-15-7-3-6-14(18)17(15)19/h2-7,10,20H,8-9H2,1H3,(H,21,23). The summed E-state index contributed by atoms with van der Waals surface area (Å²) in [6.07, 6.45) is 0.257. The molecule has 0 atom stereocenters. The van der Waals surface area contributed by atoms with Crippen molar-refractivity contribution in [2.75, 3.05) is 17.2 Å². The monoisotopic (exact) mass is 350 g/mol. The van der Waals surface area contributed by atoms with Crippen LogP contribution in [-0.4, -0.2) is 18.2 Å². The molecule has 2 aromatic rings. The van der Waals surface area contributed by atoms with E-state index in [2.05, 4.69) is 10.6 Å². The highest BCUT2D eigenvalue weighted by Crippen LogP contribution is 2.29. The SMILES string of the molecule is CC(=O)c1cccc(NC(=O)CCNc2cccc(Cl)c2Cl)c1. The number of benzene rings is 2. The quantitative estimate of drug-likeness (QED) is 0.746. The molecule has 0 spiro atoms. The first-order valence-corrected chi connectivity index (χ1v) is 7.81. The van der Waals surface area contributed by atoms with E-state index in [1.807, 2.05) is 0 Å². The minimum atomic E-state index is -0.156. The zero-order valence-electron chi connectivity index (χ0n) is 12.5. The second-order valence-electron chi connectivity index (χ2n) is 4.96. The summed E-state index contributed by atoms with van der Waals surface area (Å²) in [4.78, 5) is 23.3. The molecule has 1 amide bonds. The molecule has 0 heterocycles. The zero-order valence-corrected chi connectivity index (χ0v) is 14.0. The van der Waals surface area contributed by atoms with Gasteiger partial charge in [0, 0.05) is 24.2 Å². The van der Waals surface area contributed by atoms with Crippen molar-refractivity contribution < 1.29 is 9.59 Å². The van der Waals surface area contributed by atoms with Gasteiger partial charge in [-0.05, 0) is 31.2 Å². The van der Waals surface area contributed by atoms with Gasteiger partial charge in [-0.1, -0.05) is 41.4 Å². The van der Waals surface area contributed by atoms with Gasteiger partial charge in [0.2, 0.25) is 5.91 Å². The maximum Gasteiger partial charge on any atom is 0.226 e. The fraction of sp³-hybridized carbons (Fsp3) is 0.176. The van der Waals surface area contributed by atoms with Gasteiger partial charge in [-0.15, -0.1) is 0 Å². The van der Waals surface area contributed by atoms with Crippen molar-refractivity contribution in [3.63, 3.8) is 0 Å². The summed E-state index contributed by atoms with van der Waals surface area (Å²) in [5, 5.41) is 6.72. The molecule has 0 aromatic heterocycles. The highest BCUT2D eigenvalue weighted by Gasteiger charge is 2.07. The summed E-state index contributed by atoms with van der Waals surface area (Å²) in [5.74, 6) is -0.199. The van der Waals surface area contributed by atoms with Gasteiger partial charge < -0.3 is 10.6 Å². The summed E-state index contributed by atoms with van der Waals surface area (Å²) in [7, 11) is 0. The van der Waals surface area contributed by atoms with E-state index in [1.165, 1.54) is 6.92 Å². The van der Waals surface area contributed by atoms with Crippen molar-refractivity contribution in [1.29, 1.82) is 0 Å². The van der Waals surface area contributed by atoms with Crippen molar-refractivity contribution in [3.05, 3.63) is 58.1 Å². The van der Waals surface area contributed by atoms with Gasteiger partial charge in [0.05, 0.1) is 15.7 Å². The first kappa shape index (κ1) is 17.3. The molecule has 0 saturated carbocycles. The number of Topliss-reactive ketones (excluding diaryl/α,β-unsaturated/α-hetero) is 1. The molecule has 4 nitrogen and oxygen atoms in total. The average Bonchev–Trinajstić information content (AvgIpc) is 2.51. The van der Waals surface area contributed by atoms with Crippen molar-refractivity contribution in [2.24, 2.45) is 0 Å². The van der Waals surface area contributed by atoms with Crippen molar-refractivity contribution in [1.82, 2.24) is 0 Å². The molecule has 23 heavy (non-hydrogen) atoms. The summed E-state index contributed by atoms with van der Waals surface area (Å²) in [6, 6.07) is 12.1. The van der Waals surface area contributed by atoms with Gasteiger partial charge in [-0.25, -0.2) is 0 Å². The van der Waals surface area contributed by atoms with E-state index in [-0.39, 0.29) is 18.1 Å². The molecule has 6 heteroatoms. The molecular formula is C17H16Cl2N2O2. The van der Waals surface area contributed by atoms with Crippen LogP contribution in [0.3, 0.4) is 0 Å². The summed E-state index contributed by atoms with van der Waals surface area (Å²) in [6.45, 7) is 1.90. The molecule has 0 aliphatic heterocycles. The van der Waals surface area contributed by atoms with Crippen LogP contribution >= 0.6 is 23.2 Å². The molecule has 120 valence electrons. The van der Waals surface area contributed by atoms with Crippen LogP contribution in [0.5, 0.6) is 0 Å². The van der Waals surface area contributed by atoms with E-state index in [9.17, 15) is 9.59 Å². The molecule has 0 bridgehead atoms. The van der Waals surface area contributed by atoms with E-state index in [0.717, 1.165) is 0 Å². The van der Waals surface area contributed by atoms with Crippen molar-refractivity contribution in [2.45, 2.75) is 13.3 Å². The van der Waals surface area contributed by atoms with Gasteiger partial charge >= 0.3 is 0 Å². The Morgan fingerprint density at radius 1 is 1.09 bits per heavy atom. The second kappa shape index (κ2) is 7.99. The fourth-order valence-electron chi connectivity index (χ4n) is 1.99. The van der Waals surface area contributed by atoms with Crippen LogP contribution in [0.4, 0.5) is 11.4 Å². The number of nitrogens with one attached hydrogen (secondary N) is 2. The van der Waals surface area contributed by atoms with Crippen LogP contribution in [0.25, 0.3) is 0 Å². The second-order valence-corrected chi connectivity index (χ2v) is 5.75. The molecule has 0 saturated heterocycles. The normalized spacial score (nSPS) is 10.2. The van der Waals surface area contributed by atoms with E-state index in [4.69, 9.17) is 23.2 Å². The van der Waals surface area contributed by atoms with Gasteiger partial charge in [0.25, 0.3) is 0 Å². The van der Waals surface area contributed by atoms with Gasteiger partial charge in [0.15, 0.2) is 5.78 Å². The highest BCUT2D eigenvalue weighted by molar-refractivity contribution is 6.43. The number of ketones is 1. The van der Waals surface area contributed by atoms with Crippen molar-refractivity contribution >= 4 is 46.3 Å². The fourth-order valence-corrected chi connectivity index (χ4v) is 2.36. The predicted octanol–water partition coefficient (Wildman–Crippen LogP) is 4.64. The molecular weight excluding hydrogens is 335 g/mol. The zero-order chi connectivity index (χ0) is 16.8. The lowest BCUT2D eigenvalue weighted by Crippen LogP contribution is -2.16. The molecule has 2 rings (SSSR count). The van der Waals surface area contributed by atoms with Crippen molar-refractivity contribution in [3.8, 4) is 0 Å². The first-order valence-electron chi connectivity index (χ1n) is 7.06. The maximum absolute atomic E-state index is 11.9. The van der Waals surface area contributed by atoms with Crippen LogP contribution in [0, 0.1) is 0 Å². The van der Waals surface area contributed by atoms with Gasteiger partial charge in [0.1, 0.15) is 0 Å². The number of hydrogen-bond donors (Lipinski definition) is 2. The molecule has 2 N–H and O–H groups in total. The van der Waals surface area contributed by atoms with Crippen LogP contribution < -0.4 is 10.6 Å². The third-order valence-electron chi connectivity index (χ3n) is 3.17. The number of halogens is 2. The summed E-state index contributed by atoms with van der Waals surface area (Å²) < 4.78 is 0. The Morgan fingerprint density at radius 3 is 2.57 bits per heavy atom. The van der Waals surface area contributed by atoms with Gasteiger partial charge in [-0.3, -0.25) is 9.59 Å². The third kappa shape index (κ3) is 4.98. The number of carbonyl (C=O) groups excluding carboxylic acids is 2.